The summed E-state index contributed by atoms with van der Waals surface area (Å²) < 4.78 is 21.2. The van der Waals surface area contributed by atoms with Crippen LogP contribution in [0.4, 0.5) is 0 Å². The van der Waals surface area contributed by atoms with Crippen molar-refractivity contribution in [2.75, 3.05) is 28.4 Å². The first-order chi connectivity index (χ1) is 8.53. The Balaban J connectivity index is 3.08. The summed E-state index contributed by atoms with van der Waals surface area (Å²) in [6.07, 6.45) is 0.521. The van der Waals surface area contributed by atoms with Crippen molar-refractivity contribution in [1.82, 2.24) is 0 Å². The molecule has 0 aliphatic rings. The molecule has 0 heterocycles. The molecule has 1 aromatic carbocycles. The fraction of sp³-hybridized carbons (Fsp3) is 0.571. The van der Waals surface area contributed by atoms with Crippen molar-refractivity contribution in [3.05, 3.63) is 28.8 Å². The molecule has 1 aromatic rings. The van der Waals surface area contributed by atoms with E-state index < -0.39 is 5.97 Å². The summed E-state index contributed by atoms with van der Waals surface area (Å²) in [7, 11) is 6.38. The molecule has 1 rings (SSSR count). The summed E-state index contributed by atoms with van der Waals surface area (Å²) in [5.74, 6) is -0.152. The molecule has 0 fully saturated rings. The van der Waals surface area contributed by atoms with Gasteiger partial charge in [0.1, 0.15) is 5.75 Å². The fourth-order valence-corrected chi connectivity index (χ4v) is 1.96. The Kier molecular flexibility index (Phi) is 5.14. The van der Waals surface area contributed by atoms with E-state index in [1.165, 1.54) is 0 Å². The monoisotopic (exact) mass is 254 g/mol. The van der Waals surface area contributed by atoms with Gasteiger partial charge in [-0.3, -0.25) is 0 Å². The van der Waals surface area contributed by atoms with E-state index >= 15 is 0 Å². The van der Waals surface area contributed by atoms with Gasteiger partial charge in [-0.05, 0) is 36.6 Å². The Morgan fingerprint density at radius 3 is 1.89 bits per heavy atom. The highest BCUT2D eigenvalue weighted by Gasteiger charge is 2.30. The Morgan fingerprint density at radius 1 is 0.889 bits per heavy atom. The highest BCUT2D eigenvalue weighted by Crippen LogP contribution is 2.28. The maximum atomic E-state index is 5.32. The average Bonchev–Trinajstić information content (AvgIpc) is 2.41. The fourth-order valence-electron chi connectivity index (χ4n) is 1.96. The van der Waals surface area contributed by atoms with Gasteiger partial charge in [-0.25, -0.2) is 0 Å². The van der Waals surface area contributed by atoms with E-state index in [0.717, 1.165) is 22.4 Å². The highest BCUT2D eigenvalue weighted by molar-refractivity contribution is 5.43. The minimum Gasteiger partial charge on any atom is -0.496 e. The van der Waals surface area contributed by atoms with Gasteiger partial charge >= 0.3 is 0 Å². The van der Waals surface area contributed by atoms with Gasteiger partial charge in [0.05, 0.1) is 13.5 Å². The Hall–Kier alpha value is -1.10. The zero-order valence-corrected chi connectivity index (χ0v) is 12.0. The second-order valence-corrected chi connectivity index (χ2v) is 4.15. The van der Waals surface area contributed by atoms with Gasteiger partial charge in [-0.15, -0.1) is 0 Å². The summed E-state index contributed by atoms with van der Waals surface area (Å²) in [6.45, 7) is 4.09. The summed E-state index contributed by atoms with van der Waals surface area (Å²) in [5.41, 5.74) is 3.39. The van der Waals surface area contributed by atoms with Crippen LogP contribution >= 0.6 is 0 Å². The first kappa shape index (κ1) is 15.0. The van der Waals surface area contributed by atoms with Crippen LogP contribution in [0.25, 0.3) is 0 Å². The molecule has 0 saturated heterocycles. The van der Waals surface area contributed by atoms with Crippen molar-refractivity contribution in [1.29, 1.82) is 0 Å². The van der Waals surface area contributed by atoms with E-state index in [1.807, 2.05) is 19.1 Å². The smallest absolute Gasteiger partial charge is 0.286 e. The number of hydrogen-bond acceptors (Lipinski definition) is 4. The van der Waals surface area contributed by atoms with Crippen molar-refractivity contribution in [2.45, 2.75) is 26.2 Å². The van der Waals surface area contributed by atoms with Crippen LogP contribution in [0.2, 0.25) is 0 Å². The molecule has 4 nitrogen and oxygen atoms in total. The second kappa shape index (κ2) is 6.18. The van der Waals surface area contributed by atoms with Gasteiger partial charge in [-0.1, -0.05) is 6.07 Å². The third-order valence-corrected chi connectivity index (χ3v) is 3.41. The number of hydrogen-bond donors (Lipinski definition) is 0. The molecule has 0 atom stereocenters. The second-order valence-electron chi connectivity index (χ2n) is 4.15. The molecule has 0 unspecified atom stereocenters. The van der Waals surface area contributed by atoms with Crippen LogP contribution < -0.4 is 4.74 Å². The summed E-state index contributed by atoms with van der Waals surface area (Å²) in [6, 6.07) is 3.95. The number of rotatable bonds is 6. The third kappa shape index (κ3) is 2.83. The normalized spacial score (nSPS) is 11.7. The van der Waals surface area contributed by atoms with E-state index in [-0.39, 0.29) is 0 Å². The molecule has 18 heavy (non-hydrogen) atoms. The predicted octanol–water partition coefficient (Wildman–Crippen LogP) is 2.45. The first-order valence-electron chi connectivity index (χ1n) is 5.82. The molecule has 0 aliphatic carbocycles. The van der Waals surface area contributed by atoms with Gasteiger partial charge in [-0.2, -0.15) is 0 Å². The molecule has 0 aliphatic heterocycles. The van der Waals surface area contributed by atoms with Gasteiger partial charge in [0, 0.05) is 21.3 Å². The molecule has 102 valence electrons. The van der Waals surface area contributed by atoms with Crippen molar-refractivity contribution in [2.24, 2.45) is 0 Å². The first-order valence-corrected chi connectivity index (χ1v) is 5.82. The lowest BCUT2D eigenvalue weighted by atomic mass is 9.99. The molecule has 0 aromatic heterocycles. The van der Waals surface area contributed by atoms with E-state index in [2.05, 4.69) is 6.92 Å². The van der Waals surface area contributed by atoms with E-state index in [4.69, 9.17) is 18.9 Å². The Labute approximate surface area is 109 Å². The minimum absolute atomic E-state index is 0.521. The molecule has 0 spiro atoms. The molecule has 0 N–H and O–H groups in total. The number of benzene rings is 1. The molecular formula is C14H22O4. The molecule has 0 amide bonds. The topological polar surface area (TPSA) is 36.9 Å². The van der Waals surface area contributed by atoms with Gasteiger partial charge in [0.2, 0.25) is 0 Å². The van der Waals surface area contributed by atoms with Crippen LogP contribution in [0.1, 0.15) is 16.7 Å². The van der Waals surface area contributed by atoms with Crippen LogP contribution in [-0.4, -0.2) is 34.4 Å². The lowest BCUT2D eigenvalue weighted by Gasteiger charge is -2.29. The van der Waals surface area contributed by atoms with Gasteiger partial charge < -0.3 is 18.9 Å². The number of ether oxygens (including phenoxy) is 4. The molecule has 4 heteroatoms. The van der Waals surface area contributed by atoms with Crippen LogP contribution in [0, 0.1) is 13.8 Å². The van der Waals surface area contributed by atoms with E-state index in [9.17, 15) is 0 Å². The number of methoxy groups -OCH3 is 4. The van der Waals surface area contributed by atoms with Gasteiger partial charge in [0.15, 0.2) is 0 Å². The lowest BCUT2D eigenvalue weighted by molar-refractivity contribution is -0.351. The van der Waals surface area contributed by atoms with Crippen molar-refractivity contribution >= 4 is 0 Å². The van der Waals surface area contributed by atoms with Crippen LogP contribution in [0.3, 0.4) is 0 Å². The maximum absolute atomic E-state index is 5.32. The SMILES string of the molecule is COc1ccc(CC(OC)(OC)OC)c(C)c1C. The molecular weight excluding hydrogens is 232 g/mol. The summed E-state index contributed by atoms with van der Waals surface area (Å²) in [5, 5.41) is 0. The quantitative estimate of drug-likeness (QED) is 0.731. The Bertz CT molecular complexity index is 389. The average molecular weight is 254 g/mol. The lowest BCUT2D eigenvalue weighted by Crippen LogP contribution is -2.38. The standard InChI is InChI=1S/C14H22O4/c1-10-11(2)13(15-3)8-7-12(10)9-14(16-4,17-5)18-6/h7-8H,9H2,1-6H3. The van der Waals surface area contributed by atoms with Crippen LogP contribution in [-0.2, 0) is 20.6 Å². The molecule has 0 bridgehead atoms. The van der Waals surface area contributed by atoms with E-state index in [0.29, 0.717) is 6.42 Å². The molecule has 0 radical (unpaired) electrons. The largest absolute Gasteiger partial charge is 0.496 e. The Morgan fingerprint density at radius 2 is 1.44 bits per heavy atom. The third-order valence-electron chi connectivity index (χ3n) is 3.41. The van der Waals surface area contributed by atoms with E-state index in [1.54, 1.807) is 28.4 Å². The maximum Gasteiger partial charge on any atom is 0.286 e. The minimum atomic E-state index is -1.04. The highest BCUT2D eigenvalue weighted by atomic mass is 16.9. The van der Waals surface area contributed by atoms with Crippen LogP contribution in [0.5, 0.6) is 5.75 Å². The van der Waals surface area contributed by atoms with Crippen molar-refractivity contribution in [3.8, 4) is 5.75 Å². The van der Waals surface area contributed by atoms with Crippen LogP contribution in [0.15, 0.2) is 12.1 Å². The van der Waals surface area contributed by atoms with Crippen molar-refractivity contribution < 1.29 is 18.9 Å². The van der Waals surface area contributed by atoms with Gasteiger partial charge in [0.25, 0.3) is 5.97 Å². The zero-order valence-electron chi connectivity index (χ0n) is 12.0. The summed E-state index contributed by atoms with van der Waals surface area (Å²) >= 11 is 0. The van der Waals surface area contributed by atoms with Crippen molar-refractivity contribution in [3.63, 3.8) is 0 Å². The predicted molar refractivity (Wildman–Crippen MR) is 69.9 cm³/mol. The molecule has 0 saturated carbocycles. The summed E-state index contributed by atoms with van der Waals surface area (Å²) in [4.78, 5) is 0. The zero-order chi connectivity index (χ0) is 13.8.